The molecule has 0 saturated carbocycles. The van der Waals surface area contributed by atoms with Crippen molar-refractivity contribution in [3.63, 3.8) is 0 Å². The second-order valence-electron chi connectivity index (χ2n) is 4.68. The largest absolute Gasteiger partial charge is 0.333 e. The molecular formula is C12H19N5O2. The number of hydrogen-bond acceptors (Lipinski definition) is 4. The van der Waals surface area contributed by atoms with Gasteiger partial charge in [0.1, 0.15) is 5.82 Å². The molecule has 0 radical (unpaired) electrons. The van der Waals surface area contributed by atoms with Gasteiger partial charge >= 0.3 is 5.69 Å². The Bertz CT molecular complexity index is 737. The molecule has 2 heterocycles. The fraction of sp³-hybridized carbons (Fsp3) is 0.583. The molecule has 2 aromatic heterocycles. The average Bonchev–Trinajstić information content (AvgIpc) is 2.66. The summed E-state index contributed by atoms with van der Waals surface area (Å²) in [6.45, 7) is 6.12. The average molecular weight is 265 g/mol. The van der Waals surface area contributed by atoms with Crippen LogP contribution in [0.15, 0.2) is 9.59 Å². The van der Waals surface area contributed by atoms with Crippen molar-refractivity contribution >= 4 is 11.2 Å². The summed E-state index contributed by atoms with van der Waals surface area (Å²) in [4.78, 5) is 29.2. The van der Waals surface area contributed by atoms with Crippen molar-refractivity contribution in [2.75, 3.05) is 6.54 Å². The van der Waals surface area contributed by atoms with Crippen LogP contribution in [-0.2, 0) is 13.6 Å². The number of aryl methyl sites for hydroxylation is 3. The first-order chi connectivity index (χ1) is 8.93. The minimum absolute atomic E-state index is 0.237. The SMILES string of the molecule is CCn1c(=O)n(C(C)CN)c(=O)c2c1nc(C)n2C. The molecule has 19 heavy (non-hydrogen) atoms. The Morgan fingerprint density at radius 2 is 2.00 bits per heavy atom. The Morgan fingerprint density at radius 3 is 2.53 bits per heavy atom. The lowest BCUT2D eigenvalue weighted by Gasteiger charge is -2.14. The first-order valence-corrected chi connectivity index (χ1v) is 6.32. The monoisotopic (exact) mass is 265 g/mol. The fourth-order valence-electron chi connectivity index (χ4n) is 2.22. The predicted molar refractivity (Wildman–Crippen MR) is 73.4 cm³/mol. The topological polar surface area (TPSA) is 87.8 Å². The van der Waals surface area contributed by atoms with Crippen LogP contribution in [0.25, 0.3) is 11.2 Å². The Balaban J connectivity index is 3.04. The number of aromatic nitrogens is 4. The molecule has 7 nitrogen and oxygen atoms in total. The molecule has 2 rings (SSSR count). The summed E-state index contributed by atoms with van der Waals surface area (Å²) in [6.07, 6.45) is 0. The highest BCUT2D eigenvalue weighted by atomic mass is 16.2. The molecule has 0 spiro atoms. The van der Waals surface area contributed by atoms with E-state index >= 15 is 0 Å². The molecule has 104 valence electrons. The van der Waals surface area contributed by atoms with E-state index in [2.05, 4.69) is 4.98 Å². The third-order valence-corrected chi connectivity index (χ3v) is 3.51. The molecular weight excluding hydrogens is 246 g/mol. The van der Waals surface area contributed by atoms with Gasteiger partial charge in [0.15, 0.2) is 11.2 Å². The van der Waals surface area contributed by atoms with Crippen molar-refractivity contribution in [1.82, 2.24) is 18.7 Å². The summed E-state index contributed by atoms with van der Waals surface area (Å²) in [5, 5.41) is 0. The lowest BCUT2D eigenvalue weighted by atomic mass is 10.3. The highest BCUT2D eigenvalue weighted by molar-refractivity contribution is 5.70. The van der Waals surface area contributed by atoms with Crippen molar-refractivity contribution in [1.29, 1.82) is 0 Å². The summed E-state index contributed by atoms with van der Waals surface area (Å²) in [5.74, 6) is 0.701. The maximum atomic E-state index is 12.5. The molecule has 0 aliphatic rings. The molecule has 2 aromatic rings. The third-order valence-electron chi connectivity index (χ3n) is 3.51. The van der Waals surface area contributed by atoms with E-state index in [4.69, 9.17) is 5.73 Å². The van der Waals surface area contributed by atoms with Crippen LogP contribution in [0, 0.1) is 6.92 Å². The van der Waals surface area contributed by atoms with Gasteiger partial charge in [-0.05, 0) is 20.8 Å². The van der Waals surface area contributed by atoms with E-state index in [1.807, 2.05) is 6.92 Å². The summed E-state index contributed by atoms with van der Waals surface area (Å²) in [6, 6.07) is -0.336. The standard InChI is InChI=1S/C12H19N5O2/c1-5-16-10-9(15(4)8(3)14-10)11(18)17(12(16)19)7(2)6-13/h7H,5-6,13H2,1-4H3. The molecule has 2 N–H and O–H groups in total. The van der Waals surface area contributed by atoms with Gasteiger partial charge in [-0.25, -0.2) is 9.78 Å². The van der Waals surface area contributed by atoms with Gasteiger partial charge in [-0.1, -0.05) is 0 Å². The van der Waals surface area contributed by atoms with Gasteiger partial charge in [0.2, 0.25) is 0 Å². The van der Waals surface area contributed by atoms with Crippen LogP contribution in [-0.4, -0.2) is 25.2 Å². The van der Waals surface area contributed by atoms with Crippen molar-refractivity contribution in [3.05, 3.63) is 26.7 Å². The highest BCUT2D eigenvalue weighted by Gasteiger charge is 2.20. The van der Waals surface area contributed by atoms with Crippen LogP contribution < -0.4 is 17.0 Å². The van der Waals surface area contributed by atoms with Gasteiger partial charge in [0.05, 0.1) is 6.04 Å². The van der Waals surface area contributed by atoms with E-state index in [0.29, 0.717) is 23.5 Å². The summed E-state index contributed by atoms with van der Waals surface area (Å²) >= 11 is 0. The number of rotatable bonds is 3. The molecule has 0 saturated heterocycles. The first kappa shape index (κ1) is 13.5. The second kappa shape index (κ2) is 4.65. The van der Waals surface area contributed by atoms with E-state index in [0.717, 1.165) is 0 Å². The van der Waals surface area contributed by atoms with Crippen molar-refractivity contribution in [3.8, 4) is 0 Å². The van der Waals surface area contributed by atoms with E-state index in [1.54, 1.807) is 25.5 Å². The lowest BCUT2D eigenvalue weighted by molar-refractivity contribution is 0.492. The Morgan fingerprint density at radius 1 is 1.37 bits per heavy atom. The predicted octanol–water partition coefficient (Wildman–Crippen LogP) is -0.255. The Kier molecular flexibility index (Phi) is 3.32. The minimum atomic E-state index is -0.351. The van der Waals surface area contributed by atoms with Gasteiger partial charge in [0.25, 0.3) is 5.56 Å². The van der Waals surface area contributed by atoms with Crippen molar-refractivity contribution in [2.24, 2.45) is 12.8 Å². The maximum absolute atomic E-state index is 12.5. The normalized spacial score (nSPS) is 13.1. The first-order valence-electron chi connectivity index (χ1n) is 6.32. The van der Waals surface area contributed by atoms with E-state index in [1.165, 1.54) is 9.13 Å². The fourth-order valence-corrected chi connectivity index (χ4v) is 2.22. The van der Waals surface area contributed by atoms with Crippen LogP contribution in [0.2, 0.25) is 0 Å². The molecule has 0 aliphatic carbocycles. The van der Waals surface area contributed by atoms with Gasteiger partial charge < -0.3 is 10.3 Å². The lowest BCUT2D eigenvalue weighted by Crippen LogP contribution is -2.43. The van der Waals surface area contributed by atoms with Gasteiger partial charge in [-0.3, -0.25) is 13.9 Å². The molecule has 0 aliphatic heterocycles. The quantitative estimate of drug-likeness (QED) is 0.828. The molecule has 1 atom stereocenters. The van der Waals surface area contributed by atoms with Crippen molar-refractivity contribution < 1.29 is 0 Å². The van der Waals surface area contributed by atoms with E-state index < -0.39 is 0 Å². The Labute approximate surface area is 110 Å². The zero-order valence-electron chi connectivity index (χ0n) is 11.7. The summed E-state index contributed by atoms with van der Waals surface area (Å²) < 4.78 is 4.44. The number of fused-ring (bicyclic) bond motifs is 1. The summed E-state index contributed by atoms with van der Waals surface area (Å²) in [5.41, 5.74) is 5.80. The van der Waals surface area contributed by atoms with Crippen LogP contribution >= 0.6 is 0 Å². The van der Waals surface area contributed by atoms with E-state index in [9.17, 15) is 9.59 Å². The van der Waals surface area contributed by atoms with E-state index in [-0.39, 0.29) is 23.8 Å². The molecule has 1 unspecified atom stereocenters. The van der Waals surface area contributed by atoms with Gasteiger partial charge in [-0.2, -0.15) is 0 Å². The second-order valence-corrected chi connectivity index (χ2v) is 4.68. The number of nitrogens with zero attached hydrogens (tertiary/aromatic N) is 4. The molecule has 0 fully saturated rings. The molecule has 0 aromatic carbocycles. The highest BCUT2D eigenvalue weighted by Crippen LogP contribution is 2.10. The van der Waals surface area contributed by atoms with Gasteiger partial charge in [0, 0.05) is 20.1 Å². The van der Waals surface area contributed by atoms with Crippen molar-refractivity contribution in [2.45, 2.75) is 33.4 Å². The third kappa shape index (κ3) is 1.81. The van der Waals surface area contributed by atoms with Crippen LogP contribution in [0.1, 0.15) is 25.7 Å². The number of imidazole rings is 1. The number of hydrogen-bond donors (Lipinski definition) is 1. The molecule has 7 heteroatoms. The molecule has 0 amide bonds. The number of nitrogens with two attached hydrogens (primary N) is 1. The minimum Gasteiger partial charge on any atom is -0.328 e. The zero-order valence-corrected chi connectivity index (χ0v) is 11.7. The van der Waals surface area contributed by atoms with Crippen LogP contribution in [0.5, 0.6) is 0 Å². The Hall–Kier alpha value is -1.89. The van der Waals surface area contributed by atoms with Gasteiger partial charge in [-0.15, -0.1) is 0 Å². The van der Waals surface area contributed by atoms with Crippen LogP contribution in [0.3, 0.4) is 0 Å². The maximum Gasteiger partial charge on any atom is 0.333 e. The molecule has 0 bridgehead atoms. The smallest absolute Gasteiger partial charge is 0.328 e. The zero-order chi connectivity index (χ0) is 14.3. The summed E-state index contributed by atoms with van der Waals surface area (Å²) in [7, 11) is 1.77. The van der Waals surface area contributed by atoms with Crippen LogP contribution in [0.4, 0.5) is 0 Å².